The number of rotatable bonds is 0. The SMILES string of the molecule is [C]1C=C2C=CC=CC2C2C=CC=C12. The van der Waals surface area contributed by atoms with Crippen molar-refractivity contribution in [3.8, 4) is 0 Å². The summed E-state index contributed by atoms with van der Waals surface area (Å²) >= 11 is 0. The molecule has 0 amide bonds. The summed E-state index contributed by atoms with van der Waals surface area (Å²) in [6.45, 7) is 0. The summed E-state index contributed by atoms with van der Waals surface area (Å²) in [6.07, 6.45) is 20.7. The zero-order valence-electron chi connectivity index (χ0n) is 7.27. The van der Waals surface area contributed by atoms with E-state index >= 15 is 0 Å². The van der Waals surface area contributed by atoms with E-state index in [4.69, 9.17) is 0 Å². The van der Waals surface area contributed by atoms with Crippen molar-refractivity contribution in [1.82, 2.24) is 0 Å². The van der Waals surface area contributed by atoms with Crippen molar-refractivity contribution >= 4 is 0 Å². The summed E-state index contributed by atoms with van der Waals surface area (Å²) in [7, 11) is 0. The molecule has 2 unspecified atom stereocenters. The van der Waals surface area contributed by atoms with Gasteiger partial charge in [0, 0.05) is 18.3 Å². The lowest BCUT2D eigenvalue weighted by Crippen LogP contribution is -2.18. The monoisotopic (exact) mass is 166 g/mol. The molecule has 0 saturated heterocycles. The van der Waals surface area contributed by atoms with Gasteiger partial charge in [0.25, 0.3) is 0 Å². The molecule has 0 bridgehead atoms. The molecule has 0 saturated carbocycles. The van der Waals surface area contributed by atoms with Crippen molar-refractivity contribution in [2.75, 3.05) is 0 Å². The van der Waals surface area contributed by atoms with E-state index in [1.165, 1.54) is 11.1 Å². The maximum atomic E-state index is 3.33. The summed E-state index contributed by atoms with van der Waals surface area (Å²) in [5.41, 5.74) is 2.71. The second-order valence-electron chi connectivity index (χ2n) is 3.59. The van der Waals surface area contributed by atoms with Crippen LogP contribution in [0.4, 0.5) is 0 Å². The molecule has 3 aliphatic carbocycles. The minimum atomic E-state index is 0.543. The highest BCUT2D eigenvalue weighted by atomic mass is 14.3. The molecule has 13 heavy (non-hydrogen) atoms. The van der Waals surface area contributed by atoms with E-state index in [-0.39, 0.29) is 0 Å². The van der Waals surface area contributed by atoms with Gasteiger partial charge in [0.1, 0.15) is 0 Å². The second-order valence-corrected chi connectivity index (χ2v) is 3.59. The van der Waals surface area contributed by atoms with Crippen LogP contribution in [0.25, 0.3) is 0 Å². The summed E-state index contributed by atoms with van der Waals surface area (Å²) in [6, 6.07) is 0. The van der Waals surface area contributed by atoms with Crippen LogP contribution in [-0.2, 0) is 0 Å². The van der Waals surface area contributed by atoms with Gasteiger partial charge in [-0.05, 0) is 11.1 Å². The smallest absolute Gasteiger partial charge is 0.0388 e. The molecule has 3 rings (SSSR count). The topological polar surface area (TPSA) is 0 Å². The average molecular weight is 166 g/mol. The molecule has 2 radical (unpaired) electrons. The number of hydrogen-bond donors (Lipinski definition) is 0. The van der Waals surface area contributed by atoms with Crippen LogP contribution in [0.5, 0.6) is 0 Å². The van der Waals surface area contributed by atoms with Crippen LogP contribution in [-0.4, -0.2) is 0 Å². The first-order chi connectivity index (χ1) is 6.45. The fourth-order valence-corrected chi connectivity index (χ4v) is 2.16. The first-order valence-electron chi connectivity index (χ1n) is 4.65. The third kappa shape index (κ3) is 0.983. The lowest BCUT2D eigenvalue weighted by molar-refractivity contribution is 0.615. The lowest BCUT2D eigenvalue weighted by atomic mass is 9.75. The van der Waals surface area contributed by atoms with Gasteiger partial charge in [-0.2, -0.15) is 0 Å². The Morgan fingerprint density at radius 1 is 1.00 bits per heavy atom. The highest BCUT2D eigenvalue weighted by molar-refractivity contribution is 5.49. The molecule has 0 N–H and O–H groups in total. The van der Waals surface area contributed by atoms with Crippen LogP contribution < -0.4 is 0 Å². The maximum Gasteiger partial charge on any atom is 0.0388 e. The van der Waals surface area contributed by atoms with Gasteiger partial charge >= 0.3 is 0 Å². The van der Waals surface area contributed by atoms with Crippen molar-refractivity contribution < 1.29 is 0 Å². The fourth-order valence-electron chi connectivity index (χ4n) is 2.16. The Labute approximate surface area is 78.7 Å². The Morgan fingerprint density at radius 2 is 1.92 bits per heavy atom. The molecule has 0 heterocycles. The number of fused-ring (bicyclic) bond motifs is 3. The second kappa shape index (κ2) is 2.59. The van der Waals surface area contributed by atoms with E-state index in [9.17, 15) is 0 Å². The van der Waals surface area contributed by atoms with Gasteiger partial charge in [-0.15, -0.1) is 0 Å². The molecule has 0 aromatic rings. The Bertz CT molecular complexity index is 375. The third-order valence-corrected chi connectivity index (χ3v) is 2.85. The van der Waals surface area contributed by atoms with Gasteiger partial charge in [0.2, 0.25) is 0 Å². The Kier molecular flexibility index (Phi) is 1.42. The van der Waals surface area contributed by atoms with Gasteiger partial charge in [0.05, 0.1) is 0 Å². The number of allylic oxidation sites excluding steroid dienone is 10. The Morgan fingerprint density at radius 3 is 2.92 bits per heavy atom. The minimum Gasteiger partial charge on any atom is -0.0764 e. The van der Waals surface area contributed by atoms with Crippen LogP contribution >= 0.6 is 0 Å². The zero-order valence-corrected chi connectivity index (χ0v) is 7.27. The first-order valence-corrected chi connectivity index (χ1v) is 4.65. The Hall–Kier alpha value is -1.30. The molecule has 0 spiro atoms. The average Bonchev–Trinajstić information content (AvgIpc) is 2.65. The van der Waals surface area contributed by atoms with Crippen molar-refractivity contribution in [3.05, 3.63) is 66.2 Å². The largest absolute Gasteiger partial charge is 0.0764 e. The molecule has 0 fully saturated rings. The van der Waals surface area contributed by atoms with Crippen molar-refractivity contribution in [1.29, 1.82) is 0 Å². The molecule has 0 aliphatic heterocycles. The van der Waals surface area contributed by atoms with E-state index in [0.717, 1.165) is 0 Å². The van der Waals surface area contributed by atoms with Crippen molar-refractivity contribution in [3.63, 3.8) is 0 Å². The summed E-state index contributed by atoms with van der Waals surface area (Å²) in [5, 5.41) is 0. The molecule has 0 nitrogen and oxygen atoms in total. The Balaban J connectivity index is 2.06. The molecule has 0 heteroatoms. The van der Waals surface area contributed by atoms with E-state index in [1.807, 2.05) is 0 Å². The van der Waals surface area contributed by atoms with Gasteiger partial charge in [-0.3, -0.25) is 0 Å². The van der Waals surface area contributed by atoms with Crippen LogP contribution in [0, 0.1) is 18.3 Å². The summed E-state index contributed by atoms with van der Waals surface area (Å²) in [5.74, 6) is 1.09. The molecule has 0 aromatic heterocycles. The first kappa shape index (κ1) is 7.14. The minimum absolute atomic E-state index is 0.543. The molecule has 3 aliphatic rings. The summed E-state index contributed by atoms with van der Waals surface area (Å²) in [4.78, 5) is 0. The lowest BCUT2D eigenvalue weighted by Gasteiger charge is -2.28. The fraction of sp³-hybridized carbons (Fsp3) is 0.154. The molecular formula is C13H10. The molecule has 62 valence electrons. The van der Waals surface area contributed by atoms with E-state index in [0.29, 0.717) is 11.8 Å². The predicted molar refractivity (Wildman–Crippen MR) is 53.8 cm³/mol. The van der Waals surface area contributed by atoms with Crippen LogP contribution in [0.3, 0.4) is 0 Å². The van der Waals surface area contributed by atoms with Gasteiger partial charge in [0.15, 0.2) is 0 Å². The number of hydrogen-bond acceptors (Lipinski definition) is 0. The molecule has 2 atom stereocenters. The van der Waals surface area contributed by atoms with Gasteiger partial charge in [-0.25, -0.2) is 0 Å². The van der Waals surface area contributed by atoms with Gasteiger partial charge < -0.3 is 0 Å². The van der Waals surface area contributed by atoms with Crippen LogP contribution in [0.15, 0.2) is 59.8 Å². The van der Waals surface area contributed by atoms with Crippen LogP contribution in [0.2, 0.25) is 0 Å². The van der Waals surface area contributed by atoms with E-state index < -0.39 is 0 Å². The van der Waals surface area contributed by atoms with E-state index in [2.05, 4.69) is 55.0 Å². The normalized spacial score (nSPS) is 33.8. The summed E-state index contributed by atoms with van der Waals surface area (Å²) < 4.78 is 0. The van der Waals surface area contributed by atoms with Crippen molar-refractivity contribution in [2.45, 2.75) is 0 Å². The quantitative estimate of drug-likeness (QED) is 0.519. The van der Waals surface area contributed by atoms with E-state index in [1.54, 1.807) is 0 Å². The van der Waals surface area contributed by atoms with Gasteiger partial charge in [-0.1, -0.05) is 48.6 Å². The maximum absolute atomic E-state index is 3.33. The molecule has 0 aromatic carbocycles. The highest BCUT2D eigenvalue weighted by Gasteiger charge is 2.28. The highest BCUT2D eigenvalue weighted by Crippen LogP contribution is 2.40. The third-order valence-electron chi connectivity index (χ3n) is 2.85. The molecular weight excluding hydrogens is 156 g/mol. The predicted octanol–water partition coefficient (Wildman–Crippen LogP) is 2.86. The zero-order chi connectivity index (χ0) is 8.67. The standard InChI is InChI=1S/C13H10/c1-2-6-12-10(4-1)8-9-11-5-3-7-13(11)12/h1-8,12-13H. The van der Waals surface area contributed by atoms with Crippen LogP contribution in [0.1, 0.15) is 0 Å². The van der Waals surface area contributed by atoms with Crippen molar-refractivity contribution in [2.24, 2.45) is 11.8 Å².